The average molecular weight is 473 g/mol. The van der Waals surface area contributed by atoms with Crippen molar-refractivity contribution in [1.29, 1.82) is 0 Å². The van der Waals surface area contributed by atoms with Crippen molar-refractivity contribution in [1.82, 2.24) is 20.6 Å². The van der Waals surface area contributed by atoms with Crippen LogP contribution in [0, 0.1) is 0 Å². The summed E-state index contributed by atoms with van der Waals surface area (Å²) in [5.41, 5.74) is 4.38. The Labute approximate surface area is 195 Å². The van der Waals surface area contributed by atoms with Crippen LogP contribution in [0.1, 0.15) is 35.6 Å². The lowest BCUT2D eigenvalue weighted by atomic mass is 10.0. The van der Waals surface area contributed by atoms with Gasteiger partial charge in [0.2, 0.25) is 0 Å². The summed E-state index contributed by atoms with van der Waals surface area (Å²) in [5.74, 6) is -2.00. The molecule has 3 aromatic rings. The summed E-state index contributed by atoms with van der Waals surface area (Å²) in [4.78, 5) is 23.8. The lowest BCUT2D eigenvalue weighted by Gasteiger charge is -2.24. The van der Waals surface area contributed by atoms with Crippen LogP contribution in [0.15, 0.2) is 54.6 Å². The number of nitrogens with zero attached hydrogens (tertiary/aromatic N) is 2. The first kappa shape index (κ1) is 24.4. The van der Waals surface area contributed by atoms with Crippen LogP contribution in [0.3, 0.4) is 0 Å². The quantitative estimate of drug-likeness (QED) is 0.301. The molecule has 0 aliphatic rings. The van der Waals surface area contributed by atoms with Gasteiger partial charge in [0.05, 0.1) is 12.2 Å². The van der Waals surface area contributed by atoms with Crippen molar-refractivity contribution >= 4 is 23.5 Å². The van der Waals surface area contributed by atoms with Crippen LogP contribution in [-0.2, 0) is 16.9 Å². The number of carbonyl (C=O) groups is 2. The fraction of sp³-hybridized carbons (Fsp3) is 0.261. The topological polar surface area (TPSA) is 139 Å². The number of carboxylic acid groups (broad SMARTS) is 1. The van der Waals surface area contributed by atoms with Gasteiger partial charge in [0.1, 0.15) is 11.3 Å². The van der Waals surface area contributed by atoms with E-state index in [1.807, 2.05) is 42.5 Å². The number of aliphatic hydroxyl groups excluding tert-OH is 1. The summed E-state index contributed by atoms with van der Waals surface area (Å²) in [6.45, 7) is 2.86. The summed E-state index contributed by atoms with van der Waals surface area (Å²) < 4.78 is 0. The third-order valence-electron chi connectivity index (χ3n) is 4.87. The number of aliphatic hydroxyl groups is 2. The van der Waals surface area contributed by atoms with Gasteiger partial charge < -0.3 is 15.3 Å². The number of aromatic nitrogens is 2. The van der Waals surface area contributed by atoms with Gasteiger partial charge in [-0.1, -0.05) is 48.0 Å². The number of hydrogen-bond donors (Lipinski definition) is 5. The highest BCUT2D eigenvalue weighted by atomic mass is 35.5. The SMILES string of the molecule is CC(C)(O)c1cc(C(=O)NN(Cc2ccc(-c3cccc(Cl)c3)cc2)C[C@@H](O)C(=O)O)[nH]n1. The van der Waals surface area contributed by atoms with E-state index < -0.39 is 23.6 Å². The Balaban J connectivity index is 1.75. The number of H-pyrrole nitrogens is 1. The minimum Gasteiger partial charge on any atom is -0.479 e. The first-order chi connectivity index (χ1) is 15.5. The minimum absolute atomic E-state index is 0.0817. The van der Waals surface area contributed by atoms with Gasteiger partial charge in [0.15, 0.2) is 6.10 Å². The fourth-order valence-electron chi connectivity index (χ4n) is 3.08. The zero-order valence-corrected chi connectivity index (χ0v) is 18.9. The number of aliphatic carboxylic acids is 1. The molecule has 174 valence electrons. The molecule has 0 spiro atoms. The van der Waals surface area contributed by atoms with Crippen LogP contribution in [0.4, 0.5) is 0 Å². The predicted molar refractivity (Wildman–Crippen MR) is 122 cm³/mol. The van der Waals surface area contributed by atoms with Crippen LogP contribution >= 0.6 is 11.6 Å². The van der Waals surface area contributed by atoms with Crippen molar-refractivity contribution in [3.8, 4) is 11.1 Å². The fourth-order valence-corrected chi connectivity index (χ4v) is 3.27. The average Bonchev–Trinajstić information content (AvgIpc) is 3.25. The van der Waals surface area contributed by atoms with Crippen molar-refractivity contribution < 1.29 is 24.9 Å². The maximum Gasteiger partial charge on any atom is 0.333 e. The highest BCUT2D eigenvalue weighted by Crippen LogP contribution is 2.23. The highest BCUT2D eigenvalue weighted by Gasteiger charge is 2.24. The Morgan fingerprint density at radius 3 is 2.42 bits per heavy atom. The Bertz CT molecular complexity index is 1120. The smallest absolute Gasteiger partial charge is 0.333 e. The molecule has 5 N–H and O–H groups in total. The lowest BCUT2D eigenvalue weighted by Crippen LogP contribution is -2.47. The molecule has 0 fully saturated rings. The normalized spacial score (nSPS) is 12.5. The number of carboxylic acids is 1. The predicted octanol–water partition coefficient (Wildman–Crippen LogP) is 2.55. The van der Waals surface area contributed by atoms with E-state index in [0.29, 0.717) is 5.02 Å². The number of rotatable bonds is 9. The van der Waals surface area contributed by atoms with Gasteiger partial charge in [0.25, 0.3) is 5.91 Å². The summed E-state index contributed by atoms with van der Waals surface area (Å²) in [5, 5.41) is 37.3. The molecule has 2 aromatic carbocycles. The molecule has 1 atom stereocenters. The van der Waals surface area contributed by atoms with E-state index in [1.165, 1.54) is 24.9 Å². The monoisotopic (exact) mass is 472 g/mol. The molecule has 1 heterocycles. The highest BCUT2D eigenvalue weighted by molar-refractivity contribution is 6.30. The molecule has 1 amide bonds. The number of halogens is 1. The second-order valence-corrected chi connectivity index (χ2v) is 8.55. The Hall–Kier alpha value is -3.24. The standard InChI is InChI=1S/C23H25ClN4O5/c1-23(2,33)20-11-18(25-26-20)21(30)27-28(13-19(29)22(31)32)12-14-6-8-15(9-7-14)16-4-3-5-17(24)10-16/h3-11,19,29,33H,12-13H2,1-2H3,(H,25,26)(H,27,30)(H,31,32)/t19-/m1/s1. The second kappa shape index (κ2) is 10.1. The summed E-state index contributed by atoms with van der Waals surface area (Å²) in [6, 6.07) is 16.3. The van der Waals surface area contributed by atoms with E-state index in [1.54, 1.807) is 6.07 Å². The largest absolute Gasteiger partial charge is 0.479 e. The number of hydrazine groups is 1. The number of hydrogen-bond acceptors (Lipinski definition) is 6. The second-order valence-electron chi connectivity index (χ2n) is 8.11. The van der Waals surface area contributed by atoms with Gasteiger partial charge in [-0.3, -0.25) is 15.3 Å². The maximum absolute atomic E-state index is 12.7. The van der Waals surface area contributed by atoms with Crippen LogP contribution in [0.5, 0.6) is 0 Å². The zero-order valence-electron chi connectivity index (χ0n) is 18.1. The summed E-state index contributed by atoms with van der Waals surface area (Å²) in [7, 11) is 0. The molecule has 10 heteroatoms. The van der Waals surface area contributed by atoms with E-state index in [4.69, 9.17) is 16.7 Å². The molecular formula is C23H25ClN4O5. The molecule has 0 saturated heterocycles. The molecule has 3 rings (SSSR count). The van der Waals surface area contributed by atoms with Crippen LogP contribution in [0.2, 0.25) is 5.02 Å². The van der Waals surface area contributed by atoms with Gasteiger partial charge >= 0.3 is 5.97 Å². The van der Waals surface area contributed by atoms with Crippen LogP contribution in [-0.4, -0.2) is 55.1 Å². The maximum atomic E-state index is 12.7. The van der Waals surface area contributed by atoms with Gasteiger partial charge in [-0.2, -0.15) is 5.10 Å². The Kier molecular flexibility index (Phi) is 7.50. The molecule has 9 nitrogen and oxygen atoms in total. The number of carbonyl (C=O) groups excluding carboxylic acids is 1. The zero-order chi connectivity index (χ0) is 24.2. The third-order valence-corrected chi connectivity index (χ3v) is 5.11. The number of nitrogens with one attached hydrogen (secondary N) is 2. The first-order valence-corrected chi connectivity index (χ1v) is 10.5. The first-order valence-electron chi connectivity index (χ1n) is 10.1. The molecular weight excluding hydrogens is 448 g/mol. The molecule has 0 unspecified atom stereocenters. The van der Waals surface area contributed by atoms with E-state index in [0.717, 1.165) is 16.7 Å². The summed E-state index contributed by atoms with van der Waals surface area (Å²) in [6.07, 6.45) is -1.70. The van der Waals surface area contributed by atoms with Crippen LogP contribution in [0.25, 0.3) is 11.1 Å². The van der Waals surface area contributed by atoms with Crippen molar-refractivity contribution in [2.24, 2.45) is 0 Å². The van der Waals surface area contributed by atoms with Gasteiger partial charge in [0, 0.05) is 11.6 Å². The third kappa shape index (κ3) is 6.62. The molecule has 1 aromatic heterocycles. The van der Waals surface area contributed by atoms with Crippen molar-refractivity contribution in [3.05, 3.63) is 76.6 Å². The minimum atomic E-state index is -1.70. The molecule has 0 bridgehead atoms. The van der Waals surface area contributed by atoms with E-state index in [-0.39, 0.29) is 24.5 Å². The van der Waals surface area contributed by atoms with Crippen molar-refractivity contribution in [2.45, 2.75) is 32.1 Å². The molecule has 0 radical (unpaired) electrons. The molecule has 0 aliphatic heterocycles. The number of benzene rings is 2. The van der Waals surface area contributed by atoms with Gasteiger partial charge in [-0.15, -0.1) is 0 Å². The van der Waals surface area contributed by atoms with Crippen molar-refractivity contribution in [2.75, 3.05) is 6.54 Å². The Morgan fingerprint density at radius 2 is 1.85 bits per heavy atom. The van der Waals surface area contributed by atoms with E-state index in [2.05, 4.69) is 15.6 Å². The van der Waals surface area contributed by atoms with Crippen LogP contribution < -0.4 is 5.43 Å². The molecule has 33 heavy (non-hydrogen) atoms. The van der Waals surface area contributed by atoms with E-state index in [9.17, 15) is 19.8 Å². The summed E-state index contributed by atoms with van der Waals surface area (Å²) >= 11 is 6.05. The van der Waals surface area contributed by atoms with Crippen molar-refractivity contribution in [3.63, 3.8) is 0 Å². The Morgan fingerprint density at radius 1 is 1.15 bits per heavy atom. The molecule has 0 aliphatic carbocycles. The number of aromatic amines is 1. The lowest BCUT2D eigenvalue weighted by molar-refractivity contribution is -0.148. The van der Waals surface area contributed by atoms with Gasteiger partial charge in [-0.05, 0) is 48.7 Å². The van der Waals surface area contributed by atoms with E-state index >= 15 is 0 Å². The van der Waals surface area contributed by atoms with Gasteiger partial charge in [-0.25, -0.2) is 9.80 Å². The molecule has 0 saturated carbocycles. The number of amides is 1.